The molecule has 0 radical (unpaired) electrons. The van der Waals surface area contributed by atoms with E-state index in [9.17, 15) is 9.18 Å². The predicted octanol–water partition coefficient (Wildman–Crippen LogP) is 2.60. The lowest BCUT2D eigenvalue weighted by atomic mass is 10.2. The summed E-state index contributed by atoms with van der Waals surface area (Å²) in [6.45, 7) is 0. The maximum atomic E-state index is 12.7. The average molecular weight is 250 g/mol. The monoisotopic (exact) mass is 249 g/mol. The zero-order chi connectivity index (χ0) is 11.3. The summed E-state index contributed by atoms with van der Waals surface area (Å²) in [5, 5.41) is 3.32. The Balaban J connectivity index is 2.65. The van der Waals surface area contributed by atoms with Gasteiger partial charge in [0.1, 0.15) is 11.7 Å². The van der Waals surface area contributed by atoms with Gasteiger partial charge < -0.3 is 4.84 Å². The largest absolute Gasteiger partial charge is 0.349 e. The van der Waals surface area contributed by atoms with Crippen LogP contribution in [0.1, 0.15) is 5.56 Å². The summed E-state index contributed by atoms with van der Waals surface area (Å²) in [7, 11) is 0. The molecule has 0 amide bonds. The molecule has 1 aromatic rings. The van der Waals surface area contributed by atoms with Gasteiger partial charge in [-0.1, -0.05) is 22.8 Å². The maximum absolute atomic E-state index is 12.7. The van der Waals surface area contributed by atoms with Crippen LogP contribution in [-0.4, -0.2) is 18.1 Å². The quantitative estimate of drug-likeness (QED) is 0.358. The summed E-state index contributed by atoms with van der Waals surface area (Å²) in [4.78, 5) is 14.9. The molecule has 0 heterocycles. The van der Waals surface area contributed by atoms with Gasteiger partial charge in [-0.05, 0) is 17.7 Å². The van der Waals surface area contributed by atoms with Crippen LogP contribution in [0, 0.1) is 5.82 Å². The number of hydrogen-bond acceptors (Lipinski definition) is 3. The number of nitrogens with zero attached hydrogens (tertiary/aromatic N) is 1. The van der Waals surface area contributed by atoms with Crippen molar-refractivity contribution in [3.05, 3.63) is 34.6 Å². The zero-order valence-corrected chi connectivity index (χ0v) is 8.93. The van der Waals surface area contributed by atoms with Crippen LogP contribution in [0.2, 0.25) is 5.02 Å². The zero-order valence-electron chi connectivity index (χ0n) is 7.41. The van der Waals surface area contributed by atoms with Gasteiger partial charge in [0.15, 0.2) is 0 Å². The highest BCUT2D eigenvalue weighted by atomic mass is 35.5. The standard InChI is InChI=1S/C9H6Cl2FNO2/c10-4-9(14)15-13-5-6-1-2-8(12)7(11)3-6/h1-3,5H,4H2/b13-5-. The third-order valence-corrected chi connectivity index (χ3v) is 1.92. The second-order valence-corrected chi connectivity index (χ2v) is 3.18. The number of benzene rings is 1. The number of alkyl halides is 1. The Labute approximate surface area is 95.4 Å². The van der Waals surface area contributed by atoms with Crippen molar-refractivity contribution in [1.82, 2.24) is 0 Å². The fourth-order valence-electron chi connectivity index (χ4n) is 0.763. The Morgan fingerprint density at radius 2 is 2.33 bits per heavy atom. The molecule has 0 unspecified atom stereocenters. The maximum Gasteiger partial charge on any atom is 0.349 e. The second-order valence-electron chi connectivity index (χ2n) is 2.50. The van der Waals surface area contributed by atoms with Crippen LogP contribution in [-0.2, 0) is 9.63 Å². The second kappa shape index (κ2) is 5.68. The van der Waals surface area contributed by atoms with Gasteiger partial charge in [-0.25, -0.2) is 9.18 Å². The van der Waals surface area contributed by atoms with E-state index in [4.69, 9.17) is 23.2 Å². The molecule has 0 aromatic heterocycles. The highest BCUT2D eigenvalue weighted by Gasteiger charge is 2.00. The van der Waals surface area contributed by atoms with Gasteiger partial charge in [0.2, 0.25) is 0 Å². The van der Waals surface area contributed by atoms with Crippen molar-refractivity contribution < 1.29 is 14.0 Å². The Hall–Kier alpha value is -1.13. The molecule has 0 fully saturated rings. The smallest absolute Gasteiger partial charge is 0.317 e. The first-order valence-corrected chi connectivity index (χ1v) is 4.79. The number of carbonyl (C=O) groups is 1. The van der Waals surface area contributed by atoms with Crippen LogP contribution < -0.4 is 0 Å². The third kappa shape index (κ3) is 3.85. The number of oxime groups is 1. The molecule has 1 aromatic carbocycles. The van der Waals surface area contributed by atoms with Crippen molar-refractivity contribution in [2.24, 2.45) is 5.16 Å². The molecule has 1 rings (SSSR count). The van der Waals surface area contributed by atoms with Crippen molar-refractivity contribution >= 4 is 35.4 Å². The third-order valence-electron chi connectivity index (χ3n) is 1.41. The molecular weight excluding hydrogens is 244 g/mol. The van der Waals surface area contributed by atoms with E-state index in [-0.39, 0.29) is 10.9 Å². The Bertz CT molecular complexity index is 396. The minimum absolute atomic E-state index is 0.0254. The summed E-state index contributed by atoms with van der Waals surface area (Å²) >= 11 is 10.7. The molecule has 0 aliphatic carbocycles. The highest BCUT2D eigenvalue weighted by Crippen LogP contribution is 2.14. The minimum Gasteiger partial charge on any atom is -0.317 e. The first-order valence-electron chi connectivity index (χ1n) is 3.87. The van der Waals surface area contributed by atoms with Crippen molar-refractivity contribution in [1.29, 1.82) is 0 Å². The van der Waals surface area contributed by atoms with Crippen molar-refractivity contribution in [3.63, 3.8) is 0 Å². The van der Waals surface area contributed by atoms with Crippen LogP contribution in [0.4, 0.5) is 4.39 Å². The van der Waals surface area contributed by atoms with E-state index in [1.54, 1.807) is 0 Å². The molecule has 6 heteroatoms. The van der Waals surface area contributed by atoms with Gasteiger partial charge in [-0.3, -0.25) is 0 Å². The average Bonchev–Trinajstić information content (AvgIpc) is 2.23. The van der Waals surface area contributed by atoms with E-state index >= 15 is 0 Å². The lowest BCUT2D eigenvalue weighted by Crippen LogP contribution is -2.00. The number of carbonyl (C=O) groups excluding carboxylic acids is 1. The normalized spacial score (nSPS) is 10.6. The Kier molecular flexibility index (Phi) is 4.52. The van der Waals surface area contributed by atoms with E-state index in [0.29, 0.717) is 5.56 Å². The molecule has 0 saturated heterocycles. The topological polar surface area (TPSA) is 38.7 Å². The van der Waals surface area contributed by atoms with E-state index in [1.165, 1.54) is 24.4 Å². The first kappa shape index (κ1) is 11.9. The summed E-state index contributed by atoms with van der Waals surface area (Å²) in [6.07, 6.45) is 1.23. The van der Waals surface area contributed by atoms with Crippen LogP contribution >= 0.6 is 23.2 Å². The summed E-state index contributed by atoms with van der Waals surface area (Å²) in [5.41, 5.74) is 0.517. The molecule has 80 valence electrons. The van der Waals surface area contributed by atoms with Gasteiger partial charge in [-0.2, -0.15) is 0 Å². The van der Waals surface area contributed by atoms with Crippen LogP contribution in [0.15, 0.2) is 23.4 Å². The molecular formula is C9H6Cl2FNO2. The van der Waals surface area contributed by atoms with E-state index in [0.717, 1.165) is 0 Å². The fraction of sp³-hybridized carbons (Fsp3) is 0.111. The predicted molar refractivity (Wildman–Crippen MR) is 55.8 cm³/mol. The first-order chi connectivity index (χ1) is 7.13. The van der Waals surface area contributed by atoms with Crippen LogP contribution in [0.3, 0.4) is 0 Å². The van der Waals surface area contributed by atoms with Crippen molar-refractivity contribution in [2.75, 3.05) is 5.88 Å². The van der Waals surface area contributed by atoms with Crippen molar-refractivity contribution in [3.8, 4) is 0 Å². The van der Waals surface area contributed by atoms with Crippen LogP contribution in [0.5, 0.6) is 0 Å². The van der Waals surface area contributed by atoms with Gasteiger partial charge in [0.25, 0.3) is 0 Å². The summed E-state index contributed by atoms with van der Waals surface area (Å²) in [5.74, 6) is -1.46. The SMILES string of the molecule is O=C(CCl)O/N=C\c1ccc(F)c(Cl)c1. The van der Waals surface area contributed by atoms with E-state index < -0.39 is 11.8 Å². The molecule has 0 N–H and O–H groups in total. The number of rotatable bonds is 3. The molecule has 3 nitrogen and oxygen atoms in total. The van der Waals surface area contributed by atoms with E-state index in [2.05, 4.69) is 9.99 Å². The molecule has 0 aliphatic heterocycles. The van der Waals surface area contributed by atoms with Gasteiger partial charge in [0.05, 0.1) is 11.2 Å². The van der Waals surface area contributed by atoms with Gasteiger partial charge in [-0.15, -0.1) is 11.6 Å². The van der Waals surface area contributed by atoms with Gasteiger partial charge in [0, 0.05) is 0 Å². The van der Waals surface area contributed by atoms with Crippen LogP contribution in [0.25, 0.3) is 0 Å². The van der Waals surface area contributed by atoms with Crippen molar-refractivity contribution in [2.45, 2.75) is 0 Å². The highest BCUT2D eigenvalue weighted by molar-refractivity contribution is 6.31. The molecule has 0 bridgehead atoms. The molecule has 0 atom stereocenters. The van der Waals surface area contributed by atoms with E-state index in [1.807, 2.05) is 0 Å². The minimum atomic E-state index is -0.666. The lowest BCUT2D eigenvalue weighted by Gasteiger charge is -1.95. The lowest BCUT2D eigenvalue weighted by molar-refractivity contribution is -0.140. The summed E-state index contributed by atoms with van der Waals surface area (Å²) in [6, 6.07) is 3.99. The fourth-order valence-corrected chi connectivity index (χ4v) is 1.00. The molecule has 15 heavy (non-hydrogen) atoms. The molecule has 0 saturated carbocycles. The summed E-state index contributed by atoms with van der Waals surface area (Å²) < 4.78 is 12.7. The number of halogens is 3. The molecule has 0 aliphatic rings. The Morgan fingerprint density at radius 1 is 1.60 bits per heavy atom. The molecule has 0 spiro atoms. The number of hydrogen-bond donors (Lipinski definition) is 0. The Morgan fingerprint density at radius 3 is 2.93 bits per heavy atom. The van der Waals surface area contributed by atoms with Gasteiger partial charge >= 0.3 is 5.97 Å².